The molecule has 2 rings (SSSR count). The lowest BCUT2D eigenvalue weighted by Gasteiger charge is -2.29. The second-order valence-corrected chi connectivity index (χ2v) is 8.47. The minimum atomic E-state index is -4.47. The normalized spacial score (nSPS) is 13.8. The average Bonchev–Trinajstić information content (AvgIpc) is 2.81. The number of hydrogen-bond acceptors (Lipinski definition) is 8. The van der Waals surface area contributed by atoms with Crippen molar-refractivity contribution in [2.24, 2.45) is 5.92 Å². The summed E-state index contributed by atoms with van der Waals surface area (Å²) in [7, 11) is 1.32. The predicted molar refractivity (Wildman–Crippen MR) is 125 cm³/mol. The number of pyridine rings is 1. The molecule has 1 aromatic carbocycles. The van der Waals surface area contributed by atoms with Crippen LogP contribution >= 0.6 is 0 Å². The van der Waals surface area contributed by atoms with Crippen LogP contribution in [0.1, 0.15) is 50.7 Å². The number of nitrogens with zero attached hydrogens (tertiary/aromatic N) is 1. The van der Waals surface area contributed by atoms with Gasteiger partial charge in [0.25, 0.3) is 5.91 Å². The van der Waals surface area contributed by atoms with Gasteiger partial charge < -0.3 is 24.3 Å². The van der Waals surface area contributed by atoms with Gasteiger partial charge in [-0.3, -0.25) is 9.59 Å². The van der Waals surface area contributed by atoms with Crippen LogP contribution < -0.4 is 19.5 Å². The first-order chi connectivity index (χ1) is 17.2. The topological polar surface area (TPSA) is 113 Å². The zero-order valence-electron chi connectivity index (χ0n) is 21.2. The minimum absolute atomic E-state index is 0.0969. The molecule has 0 spiro atoms. The van der Waals surface area contributed by atoms with E-state index in [0.717, 1.165) is 19.1 Å². The summed E-state index contributed by atoms with van der Waals surface area (Å²) in [6, 6.07) is 4.43. The van der Waals surface area contributed by atoms with Crippen molar-refractivity contribution in [3.05, 3.63) is 47.8 Å². The van der Waals surface area contributed by atoms with Crippen LogP contribution in [0.25, 0.3) is 0 Å². The Bertz CT molecular complexity index is 1100. The zero-order valence-corrected chi connectivity index (χ0v) is 21.2. The quantitative estimate of drug-likeness (QED) is 0.459. The smallest absolute Gasteiger partial charge is 0.416 e. The third-order valence-electron chi connectivity index (χ3n) is 5.13. The summed E-state index contributed by atoms with van der Waals surface area (Å²) in [6.07, 6.45) is -4.71. The van der Waals surface area contributed by atoms with Crippen molar-refractivity contribution in [3.8, 4) is 17.2 Å². The van der Waals surface area contributed by atoms with Gasteiger partial charge in [-0.05, 0) is 44.0 Å². The third-order valence-corrected chi connectivity index (χ3v) is 5.13. The molecular weight excluding hydrogens is 497 g/mol. The Morgan fingerprint density at radius 2 is 1.62 bits per heavy atom. The Morgan fingerprint density at radius 3 is 2.14 bits per heavy atom. The van der Waals surface area contributed by atoms with Crippen molar-refractivity contribution in [3.63, 3.8) is 0 Å². The van der Waals surface area contributed by atoms with E-state index in [2.05, 4.69) is 10.3 Å². The molecule has 0 radical (unpaired) electrons. The van der Waals surface area contributed by atoms with Gasteiger partial charge in [-0.15, -0.1) is 0 Å². The second-order valence-electron chi connectivity index (χ2n) is 8.47. The van der Waals surface area contributed by atoms with Crippen LogP contribution in [0.5, 0.6) is 17.2 Å². The highest BCUT2D eigenvalue weighted by Crippen LogP contribution is 2.31. The van der Waals surface area contributed by atoms with E-state index < -0.39 is 47.8 Å². The maximum Gasteiger partial charge on any atom is 0.416 e. The van der Waals surface area contributed by atoms with E-state index in [-0.39, 0.29) is 28.9 Å². The maximum atomic E-state index is 12.8. The first-order valence-corrected chi connectivity index (χ1v) is 11.3. The summed E-state index contributed by atoms with van der Waals surface area (Å²) in [5, 5.41) is 2.44. The molecule has 37 heavy (non-hydrogen) atoms. The van der Waals surface area contributed by atoms with E-state index in [1.807, 2.05) is 0 Å². The number of nitrogens with one attached hydrogen (secondary N) is 1. The molecule has 1 N–H and O–H groups in total. The number of hydrogen-bond donors (Lipinski definition) is 1. The molecule has 0 unspecified atom stereocenters. The van der Waals surface area contributed by atoms with E-state index in [4.69, 9.17) is 18.9 Å². The van der Waals surface area contributed by atoms with Crippen molar-refractivity contribution >= 4 is 17.8 Å². The fourth-order valence-electron chi connectivity index (χ4n) is 3.33. The van der Waals surface area contributed by atoms with Gasteiger partial charge in [-0.2, -0.15) is 13.2 Å². The van der Waals surface area contributed by atoms with Gasteiger partial charge in [0.2, 0.25) is 5.75 Å². The van der Waals surface area contributed by atoms with Crippen LogP contribution in [0.4, 0.5) is 13.2 Å². The second kappa shape index (κ2) is 12.4. The molecule has 0 aliphatic heterocycles. The first kappa shape index (κ1) is 29.4. The van der Waals surface area contributed by atoms with E-state index in [1.54, 1.807) is 20.8 Å². The SMILES string of the molecule is COc1ccnc(C(=O)N[C@@H](C)C(=O)O[C@H](C(C)C)[C@H](C)Oc2ccc(C(F)(F)F)cc2)c1OC(C)=O. The number of rotatable bonds is 10. The Labute approximate surface area is 212 Å². The molecule has 0 bridgehead atoms. The van der Waals surface area contributed by atoms with Gasteiger partial charge in [-0.25, -0.2) is 9.78 Å². The molecule has 1 aromatic heterocycles. The van der Waals surface area contributed by atoms with E-state index >= 15 is 0 Å². The molecule has 1 heterocycles. The molecule has 0 aliphatic carbocycles. The van der Waals surface area contributed by atoms with Crippen LogP contribution in [0.3, 0.4) is 0 Å². The molecule has 0 fully saturated rings. The lowest BCUT2D eigenvalue weighted by molar-refractivity contribution is -0.158. The highest BCUT2D eigenvalue weighted by molar-refractivity contribution is 5.98. The molecule has 12 heteroatoms. The molecule has 1 amide bonds. The highest BCUT2D eigenvalue weighted by Gasteiger charge is 2.32. The molecule has 2 aromatic rings. The number of methoxy groups -OCH3 is 1. The Hall–Kier alpha value is -3.83. The number of carbonyl (C=O) groups excluding carboxylic acids is 3. The fourth-order valence-corrected chi connectivity index (χ4v) is 3.33. The van der Waals surface area contributed by atoms with Crippen LogP contribution in [0, 0.1) is 5.92 Å². The number of carbonyl (C=O) groups is 3. The lowest BCUT2D eigenvalue weighted by atomic mass is 10.0. The third kappa shape index (κ3) is 8.09. The number of alkyl halides is 3. The van der Waals surface area contributed by atoms with Gasteiger partial charge in [-0.1, -0.05) is 13.8 Å². The van der Waals surface area contributed by atoms with Crippen molar-refractivity contribution < 1.29 is 46.5 Å². The van der Waals surface area contributed by atoms with Gasteiger partial charge in [0.15, 0.2) is 11.4 Å². The molecule has 202 valence electrons. The number of aromatic nitrogens is 1. The van der Waals surface area contributed by atoms with Crippen molar-refractivity contribution in [1.82, 2.24) is 10.3 Å². The molecule has 9 nitrogen and oxygen atoms in total. The predicted octanol–water partition coefficient (Wildman–Crippen LogP) is 4.19. The largest absolute Gasteiger partial charge is 0.493 e. The number of halogens is 3. The lowest BCUT2D eigenvalue weighted by Crippen LogP contribution is -2.45. The Morgan fingerprint density at radius 1 is 1.00 bits per heavy atom. The van der Waals surface area contributed by atoms with E-state index in [0.29, 0.717) is 0 Å². The summed E-state index contributed by atoms with van der Waals surface area (Å²) in [5.74, 6) is -2.46. The molecule has 0 saturated carbocycles. The highest BCUT2D eigenvalue weighted by atomic mass is 19.4. The zero-order chi connectivity index (χ0) is 27.9. The van der Waals surface area contributed by atoms with E-state index in [1.165, 1.54) is 38.4 Å². The van der Waals surface area contributed by atoms with Gasteiger partial charge in [0.1, 0.15) is 24.0 Å². The van der Waals surface area contributed by atoms with Gasteiger partial charge in [0.05, 0.1) is 12.7 Å². The molecular formula is C25H29F3N2O7. The van der Waals surface area contributed by atoms with Crippen molar-refractivity contribution in [2.75, 3.05) is 7.11 Å². The Balaban J connectivity index is 2.09. The van der Waals surface area contributed by atoms with Crippen LogP contribution in [-0.2, 0) is 20.5 Å². The van der Waals surface area contributed by atoms with Gasteiger partial charge >= 0.3 is 18.1 Å². The van der Waals surface area contributed by atoms with Crippen molar-refractivity contribution in [1.29, 1.82) is 0 Å². The summed E-state index contributed by atoms with van der Waals surface area (Å²) < 4.78 is 59.8. The van der Waals surface area contributed by atoms with Crippen LogP contribution in [-0.4, -0.2) is 48.2 Å². The van der Waals surface area contributed by atoms with Crippen molar-refractivity contribution in [2.45, 2.75) is 59.0 Å². The summed E-state index contributed by atoms with van der Waals surface area (Å²) in [6.45, 7) is 7.71. The van der Waals surface area contributed by atoms with Crippen LogP contribution in [0.2, 0.25) is 0 Å². The van der Waals surface area contributed by atoms with Crippen LogP contribution in [0.15, 0.2) is 36.5 Å². The monoisotopic (exact) mass is 526 g/mol. The molecule has 3 atom stereocenters. The summed E-state index contributed by atoms with van der Waals surface area (Å²) >= 11 is 0. The average molecular weight is 527 g/mol. The van der Waals surface area contributed by atoms with Gasteiger partial charge in [0, 0.05) is 19.2 Å². The summed E-state index contributed by atoms with van der Waals surface area (Å²) in [5.41, 5.74) is -1.08. The Kier molecular flexibility index (Phi) is 9.87. The number of ether oxygens (including phenoxy) is 4. The maximum absolute atomic E-state index is 12.8. The molecule has 0 aliphatic rings. The van der Waals surface area contributed by atoms with E-state index in [9.17, 15) is 27.6 Å². The number of benzene rings is 1. The fraction of sp³-hybridized carbons (Fsp3) is 0.440. The summed E-state index contributed by atoms with van der Waals surface area (Å²) in [4.78, 5) is 40.9. The number of esters is 2. The standard InChI is InChI=1S/C25H29F3N2O7/c1-13(2)21(15(4)35-18-9-7-17(8-10-18)25(26,27)28)37-24(33)14(3)30-23(32)20-22(36-16(5)31)19(34-6)11-12-29-20/h7-15,21H,1-6H3,(H,30,32)/t14-,15-,21+/m0/s1. The minimum Gasteiger partial charge on any atom is -0.493 e. The first-order valence-electron chi connectivity index (χ1n) is 11.3. The molecule has 0 saturated heterocycles. The number of amides is 1.